The maximum Gasteiger partial charge on any atom is 0.164 e. The highest BCUT2D eigenvalue weighted by Crippen LogP contribution is 2.29. The average Bonchev–Trinajstić information content (AvgIpc) is 2.87. The van der Waals surface area contributed by atoms with Crippen LogP contribution in [-0.2, 0) is 6.61 Å². The Kier molecular flexibility index (Phi) is 4.09. The van der Waals surface area contributed by atoms with E-state index in [0.29, 0.717) is 32.9 Å². The molecule has 1 heterocycles. The van der Waals surface area contributed by atoms with Gasteiger partial charge in [0.2, 0.25) is 0 Å². The number of benzene rings is 2. The van der Waals surface area contributed by atoms with Gasteiger partial charge in [0.15, 0.2) is 11.5 Å². The summed E-state index contributed by atoms with van der Waals surface area (Å²) in [4.78, 5) is 7.42. The molecule has 0 spiro atoms. The summed E-state index contributed by atoms with van der Waals surface area (Å²) >= 11 is 11.9. The lowest BCUT2D eigenvalue weighted by molar-refractivity contribution is 0.276. The molecule has 0 aliphatic carbocycles. The molecule has 0 unspecified atom stereocenters. The zero-order valence-corrected chi connectivity index (χ0v) is 13.0. The third-order valence-electron chi connectivity index (χ3n) is 3.06. The summed E-state index contributed by atoms with van der Waals surface area (Å²) in [5.41, 5.74) is 1.43. The van der Waals surface area contributed by atoms with Crippen LogP contribution in [0, 0.1) is 5.82 Å². The maximum absolute atomic E-state index is 13.3. The number of methoxy groups -OCH3 is 1. The Morgan fingerprint density at radius 1 is 1.14 bits per heavy atom. The van der Waals surface area contributed by atoms with Crippen molar-refractivity contribution in [1.82, 2.24) is 9.97 Å². The second-order valence-electron chi connectivity index (χ2n) is 4.55. The summed E-state index contributed by atoms with van der Waals surface area (Å²) in [7, 11) is 1.49. The number of aromatic nitrogens is 2. The number of rotatable bonds is 4. The number of hydrogen-bond acceptors (Lipinski definition) is 3. The van der Waals surface area contributed by atoms with Crippen molar-refractivity contribution in [2.45, 2.75) is 6.61 Å². The molecule has 0 atom stereocenters. The van der Waals surface area contributed by atoms with Crippen LogP contribution >= 0.6 is 23.2 Å². The molecule has 0 aliphatic heterocycles. The van der Waals surface area contributed by atoms with Gasteiger partial charge in [0, 0.05) is 6.07 Å². The largest absolute Gasteiger partial charge is 0.493 e. The minimum Gasteiger partial charge on any atom is -0.493 e. The Hall–Kier alpha value is -1.98. The van der Waals surface area contributed by atoms with E-state index in [0.717, 1.165) is 5.52 Å². The topological polar surface area (TPSA) is 47.1 Å². The molecule has 0 aliphatic rings. The lowest BCUT2D eigenvalue weighted by atomic mass is 10.3. The van der Waals surface area contributed by atoms with Crippen LogP contribution in [0.15, 0.2) is 30.3 Å². The van der Waals surface area contributed by atoms with Gasteiger partial charge in [-0.05, 0) is 24.3 Å². The summed E-state index contributed by atoms with van der Waals surface area (Å²) in [6.45, 7) is 0.129. The highest BCUT2D eigenvalue weighted by Gasteiger charge is 2.10. The molecule has 0 amide bonds. The van der Waals surface area contributed by atoms with E-state index in [1.54, 1.807) is 12.1 Å². The first-order valence-electron chi connectivity index (χ1n) is 6.37. The van der Waals surface area contributed by atoms with Gasteiger partial charge in [-0.3, -0.25) is 0 Å². The summed E-state index contributed by atoms with van der Waals surface area (Å²) < 4.78 is 24.0. The molecule has 3 rings (SSSR count). The molecule has 1 N–H and O–H groups in total. The van der Waals surface area contributed by atoms with E-state index < -0.39 is 5.82 Å². The standard InChI is InChI=1S/C15H11Cl2FN2O2/c1-21-13-3-2-8(18)4-14(13)22-7-15-19-11-5-9(16)10(17)6-12(11)20-15/h2-6H,7H2,1H3,(H,19,20). The lowest BCUT2D eigenvalue weighted by Gasteiger charge is -2.09. The fourth-order valence-electron chi connectivity index (χ4n) is 2.04. The van der Waals surface area contributed by atoms with E-state index in [9.17, 15) is 4.39 Å². The Balaban J connectivity index is 1.83. The number of hydrogen-bond donors (Lipinski definition) is 1. The molecule has 2 aromatic carbocycles. The molecular weight excluding hydrogens is 330 g/mol. The number of ether oxygens (including phenoxy) is 2. The van der Waals surface area contributed by atoms with Gasteiger partial charge >= 0.3 is 0 Å². The van der Waals surface area contributed by atoms with E-state index in [2.05, 4.69) is 9.97 Å². The molecule has 1 aromatic heterocycles. The van der Waals surface area contributed by atoms with E-state index in [1.807, 2.05) is 0 Å². The van der Waals surface area contributed by atoms with E-state index in [4.69, 9.17) is 32.7 Å². The van der Waals surface area contributed by atoms with Gasteiger partial charge in [-0.2, -0.15) is 0 Å². The summed E-state index contributed by atoms with van der Waals surface area (Å²) in [5, 5.41) is 0.872. The monoisotopic (exact) mass is 340 g/mol. The van der Waals surface area contributed by atoms with Crippen molar-refractivity contribution in [2.75, 3.05) is 7.11 Å². The van der Waals surface area contributed by atoms with Crippen LogP contribution in [0.2, 0.25) is 10.0 Å². The molecule has 0 saturated carbocycles. The molecule has 4 nitrogen and oxygen atoms in total. The molecule has 0 bridgehead atoms. The second kappa shape index (κ2) is 6.02. The first kappa shape index (κ1) is 14.9. The molecule has 0 saturated heterocycles. The smallest absolute Gasteiger partial charge is 0.164 e. The number of halogens is 3. The zero-order chi connectivity index (χ0) is 15.7. The number of imidazole rings is 1. The second-order valence-corrected chi connectivity index (χ2v) is 5.37. The van der Waals surface area contributed by atoms with E-state index in [1.165, 1.54) is 25.3 Å². The van der Waals surface area contributed by atoms with Gasteiger partial charge in [-0.25, -0.2) is 9.37 Å². The van der Waals surface area contributed by atoms with Gasteiger partial charge in [-0.1, -0.05) is 23.2 Å². The number of nitrogens with one attached hydrogen (secondary N) is 1. The van der Waals surface area contributed by atoms with Crippen LogP contribution in [-0.4, -0.2) is 17.1 Å². The molecule has 7 heteroatoms. The normalized spacial score (nSPS) is 10.9. The predicted octanol–water partition coefficient (Wildman–Crippen LogP) is 4.60. The number of fused-ring (bicyclic) bond motifs is 1. The van der Waals surface area contributed by atoms with Crippen LogP contribution in [0.4, 0.5) is 4.39 Å². The van der Waals surface area contributed by atoms with Crippen LogP contribution in [0.3, 0.4) is 0 Å². The Bertz CT molecular complexity index is 797. The minimum atomic E-state index is -0.404. The minimum absolute atomic E-state index is 0.129. The molecule has 0 fully saturated rings. The van der Waals surface area contributed by atoms with Crippen LogP contribution < -0.4 is 9.47 Å². The van der Waals surface area contributed by atoms with Gasteiger partial charge in [-0.15, -0.1) is 0 Å². The lowest BCUT2D eigenvalue weighted by Crippen LogP contribution is -1.99. The van der Waals surface area contributed by atoms with Crippen molar-refractivity contribution in [3.63, 3.8) is 0 Å². The van der Waals surface area contributed by atoms with Crippen LogP contribution in [0.5, 0.6) is 11.5 Å². The first-order valence-corrected chi connectivity index (χ1v) is 7.12. The molecule has 0 radical (unpaired) electrons. The van der Waals surface area contributed by atoms with E-state index >= 15 is 0 Å². The summed E-state index contributed by atoms with van der Waals surface area (Å²) in [6, 6.07) is 7.43. The number of H-pyrrole nitrogens is 1. The molecule has 3 aromatic rings. The molecular formula is C15H11Cl2FN2O2. The van der Waals surface area contributed by atoms with Gasteiger partial charge < -0.3 is 14.5 Å². The first-order chi connectivity index (χ1) is 10.6. The van der Waals surface area contributed by atoms with Crippen LogP contribution in [0.1, 0.15) is 5.82 Å². The molecule has 22 heavy (non-hydrogen) atoms. The highest BCUT2D eigenvalue weighted by atomic mass is 35.5. The fourth-order valence-corrected chi connectivity index (χ4v) is 2.36. The third kappa shape index (κ3) is 2.96. The Morgan fingerprint density at radius 3 is 2.68 bits per heavy atom. The van der Waals surface area contributed by atoms with Gasteiger partial charge in [0.05, 0.1) is 28.2 Å². The van der Waals surface area contributed by atoms with Crippen molar-refractivity contribution < 1.29 is 13.9 Å². The van der Waals surface area contributed by atoms with Crippen molar-refractivity contribution in [3.8, 4) is 11.5 Å². The van der Waals surface area contributed by atoms with E-state index in [-0.39, 0.29) is 6.61 Å². The Morgan fingerprint density at radius 2 is 1.91 bits per heavy atom. The van der Waals surface area contributed by atoms with Crippen molar-refractivity contribution in [2.24, 2.45) is 0 Å². The number of nitrogens with zero attached hydrogens (tertiary/aromatic N) is 1. The Labute approximate surface area is 135 Å². The van der Waals surface area contributed by atoms with Crippen molar-refractivity contribution in [3.05, 3.63) is 52.0 Å². The highest BCUT2D eigenvalue weighted by molar-refractivity contribution is 6.42. The summed E-state index contributed by atoms with van der Waals surface area (Å²) in [6.07, 6.45) is 0. The number of aromatic amines is 1. The zero-order valence-electron chi connectivity index (χ0n) is 11.5. The molecule has 114 valence electrons. The van der Waals surface area contributed by atoms with Crippen LogP contribution in [0.25, 0.3) is 11.0 Å². The fraction of sp³-hybridized carbons (Fsp3) is 0.133. The third-order valence-corrected chi connectivity index (χ3v) is 3.79. The van der Waals surface area contributed by atoms with Crippen molar-refractivity contribution in [1.29, 1.82) is 0 Å². The quantitative estimate of drug-likeness (QED) is 0.755. The SMILES string of the molecule is COc1ccc(F)cc1OCc1nc2cc(Cl)c(Cl)cc2[nH]1. The van der Waals surface area contributed by atoms with Crippen molar-refractivity contribution >= 4 is 34.2 Å². The predicted molar refractivity (Wildman–Crippen MR) is 83.4 cm³/mol. The maximum atomic E-state index is 13.3. The van der Waals surface area contributed by atoms with Gasteiger partial charge in [0.25, 0.3) is 0 Å². The average molecular weight is 341 g/mol. The summed E-state index contributed by atoms with van der Waals surface area (Å²) in [5.74, 6) is 0.918. The van der Waals surface area contributed by atoms with Gasteiger partial charge in [0.1, 0.15) is 18.2 Å².